The van der Waals surface area contributed by atoms with Gasteiger partial charge in [-0.25, -0.2) is 14.4 Å². The third kappa shape index (κ3) is 3.60. The Hall–Kier alpha value is -2.67. The molecule has 27 heavy (non-hydrogen) atoms. The van der Waals surface area contributed by atoms with Crippen molar-refractivity contribution in [2.24, 2.45) is 0 Å². The first kappa shape index (κ1) is 17.7. The Balaban J connectivity index is 1.67. The van der Waals surface area contributed by atoms with E-state index in [1.165, 1.54) is 6.92 Å². The van der Waals surface area contributed by atoms with Gasteiger partial charge in [-0.05, 0) is 37.5 Å². The summed E-state index contributed by atoms with van der Waals surface area (Å²) in [4.78, 5) is 20.6. The van der Waals surface area contributed by atoms with E-state index in [4.69, 9.17) is 0 Å². The lowest BCUT2D eigenvalue weighted by Crippen LogP contribution is -2.23. The molecular weight excluding hydrogens is 345 g/mol. The Kier molecular flexibility index (Phi) is 4.70. The number of aromatic nitrogens is 4. The number of carbonyl (C=O) groups excluding carboxylic acids is 1. The molecule has 1 aliphatic heterocycles. The van der Waals surface area contributed by atoms with Crippen LogP contribution in [-0.2, 0) is 6.54 Å². The fourth-order valence-electron chi connectivity index (χ4n) is 3.60. The van der Waals surface area contributed by atoms with Gasteiger partial charge in [-0.1, -0.05) is 6.07 Å². The van der Waals surface area contributed by atoms with Crippen molar-refractivity contribution in [3.05, 3.63) is 42.1 Å². The number of alkyl halides is 1. The summed E-state index contributed by atoms with van der Waals surface area (Å²) in [6, 6.07) is 6.09. The summed E-state index contributed by atoms with van der Waals surface area (Å²) >= 11 is 0. The topological polar surface area (TPSA) is 72.7 Å². The molecule has 0 amide bonds. The third-order valence-corrected chi connectivity index (χ3v) is 5.06. The highest BCUT2D eigenvalue weighted by molar-refractivity contribution is 6.05. The Morgan fingerprint density at radius 2 is 2.07 bits per heavy atom. The molecule has 3 heterocycles. The van der Waals surface area contributed by atoms with Crippen LogP contribution >= 0.6 is 0 Å². The summed E-state index contributed by atoms with van der Waals surface area (Å²) < 4.78 is 15.2. The number of fused-ring (bicyclic) bond motifs is 1. The number of rotatable bonds is 5. The minimum absolute atomic E-state index is 0.0705. The van der Waals surface area contributed by atoms with Crippen molar-refractivity contribution >= 4 is 16.7 Å². The lowest BCUT2D eigenvalue weighted by molar-refractivity contribution is 0.101. The van der Waals surface area contributed by atoms with E-state index in [-0.39, 0.29) is 11.8 Å². The Morgan fingerprint density at radius 3 is 2.74 bits per heavy atom. The number of nitrogens with one attached hydrogen (secondary N) is 1. The standard InChI is InChI=1S/C20H22FN5O/c1-12(27)20-18-7-14(15-9-22-13(2)23-10-15)3-4-19(18)26(25-20)6-5-17-8-16(21)11-24-17/h3-4,7,9-10,16-17,24H,5-6,8,11H2,1-2H3/t16-,17?/m0/s1. The van der Waals surface area contributed by atoms with E-state index >= 15 is 0 Å². The zero-order valence-electron chi connectivity index (χ0n) is 15.4. The Labute approximate surface area is 156 Å². The highest BCUT2D eigenvalue weighted by atomic mass is 19.1. The van der Waals surface area contributed by atoms with Crippen LogP contribution in [-0.4, -0.2) is 44.3 Å². The second kappa shape index (κ2) is 7.15. The lowest BCUT2D eigenvalue weighted by atomic mass is 10.0. The van der Waals surface area contributed by atoms with Gasteiger partial charge in [0.05, 0.1) is 5.52 Å². The van der Waals surface area contributed by atoms with E-state index in [9.17, 15) is 9.18 Å². The first-order valence-electron chi connectivity index (χ1n) is 9.19. The van der Waals surface area contributed by atoms with Crippen LogP contribution < -0.4 is 5.32 Å². The zero-order chi connectivity index (χ0) is 19.0. The molecule has 0 spiro atoms. The molecule has 1 N–H and O–H groups in total. The smallest absolute Gasteiger partial charge is 0.180 e. The molecule has 1 aliphatic rings. The maximum absolute atomic E-state index is 13.4. The van der Waals surface area contributed by atoms with Crippen LogP contribution in [0.3, 0.4) is 0 Å². The molecule has 0 bridgehead atoms. The first-order valence-corrected chi connectivity index (χ1v) is 9.19. The first-order chi connectivity index (χ1) is 13.0. The summed E-state index contributed by atoms with van der Waals surface area (Å²) in [5.41, 5.74) is 3.21. The highest BCUT2D eigenvalue weighted by Gasteiger charge is 2.24. The van der Waals surface area contributed by atoms with Crippen molar-refractivity contribution in [1.29, 1.82) is 0 Å². The van der Waals surface area contributed by atoms with Gasteiger partial charge in [0.25, 0.3) is 0 Å². The van der Waals surface area contributed by atoms with Crippen molar-refractivity contribution in [2.45, 2.75) is 45.4 Å². The number of ketones is 1. The predicted molar refractivity (Wildman–Crippen MR) is 101 cm³/mol. The van der Waals surface area contributed by atoms with Gasteiger partial charge in [-0.3, -0.25) is 9.48 Å². The molecule has 6 nitrogen and oxygen atoms in total. The summed E-state index contributed by atoms with van der Waals surface area (Å²) in [6.07, 6.45) is 4.11. The van der Waals surface area contributed by atoms with Gasteiger partial charge in [-0.15, -0.1) is 0 Å². The molecule has 0 saturated carbocycles. The van der Waals surface area contributed by atoms with Gasteiger partial charge in [0.15, 0.2) is 5.78 Å². The minimum Gasteiger partial charge on any atom is -0.311 e. The molecule has 140 valence electrons. The van der Waals surface area contributed by atoms with Crippen LogP contribution in [0.15, 0.2) is 30.6 Å². The fourth-order valence-corrected chi connectivity index (χ4v) is 3.60. The summed E-state index contributed by atoms with van der Waals surface area (Å²) in [5, 5.41) is 8.55. The van der Waals surface area contributed by atoms with Crippen molar-refractivity contribution in [3.63, 3.8) is 0 Å². The van der Waals surface area contributed by atoms with Gasteiger partial charge < -0.3 is 5.32 Å². The molecule has 3 aromatic rings. The zero-order valence-corrected chi connectivity index (χ0v) is 15.4. The monoisotopic (exact) mass is 367 g/mol. The fraction of sp³-hybridized carbons (Fsp3) is 0.400. The summed E-state index contributed by atoms with van der Waals surface area (Å²) in [6.45, 7) is 4.43. The molecule has 4 rings (SSSR count). The molecular formula is C20H22FN5O. The van der Waals surface area contributed by atoms with Gasteiger partial charge in [0.1, 0.15) is 17.7 Å². The Bertz CT molecular complexity index is 982. The third-order valence-electron chi connectivity index (χ3n) is 5.06. The normalized spacial score (nSPS) is 19.7. The summed E-state index contributed by atoms with van der Waals surface area (Å²) in [7, 11) is 0. The molecule has 7 heteroatoms. The molecule has 1 unspecified atom stereocenters. The number of benzene rings is 1. The average molecular weight is 367 g/mol. The molecule has 1 saturated heterocycles. The van der Waals surface area contributed by atoms with Crippen molar-refractivity contribution < 1.29 is 9.18 Å². The second-order valence-corrected chi connectivity index (χ2v) is 7.11. The predicted octanol–water partition coefficient (Wildman–Crippen LogP) is 3.09. The van der Waals surface area contributed by atoms with Crippen LogP contribution in [0, 0.1) is 6.92 Å². The van der Waals surface area contributed by atoms with E-state index in [2.05, 4.69) is 20.4 Å². The quantitative estimate of drug-likeness (QED) is 0.702. The average Bonchev–Trinajstić information content (AvgIpc) is 3.23. The highest BCUT2D eigenvalue weighted by Crippen LogP contribution is 2.27. The summed E-state index contributed by atoms with van der Waals surface area (Å²) in [5.74, 6) is 0.645. The number of nitrogens with zero attached hydrogens (tertiary/aromatic N) is 4. The van der Waals surface area contributed by atoms with Crippen LogP contribution in [0.5, 0.6) is 0 Å². The van der Waals surface area contributed by atoms with Crippen molar-refractivity contribution in [2.75, 3.05) is 6.54 Å². The maximum Gasteiger partial charge on any atom is 0.180 e. The van der Waals surface area contributed by atoms with Gasteiger partial charge >= 0.3 is 0 Å². The van der Waals surface area contributed by atoms with E-state index in [1.54, 1.807) is 12.4 Å². The van der Waals surface area contributed by atoms with Gasteiger partial charge in [0, 0.05) is 49.4 Å². The molecule has 0 aliphatic carbocycles. The Morgan fingerprint density at radius 1 is 1.30 bits per heavy atom. The van der Waals surface area contributed by atoms with Crippen LogP contribution in [0.25, 0.3) is 22.0 Å². The van der Waals surface area contributed by atoms with Crippen LogP contribution in [0.2, 0.25) is 0 Å². The number of hydrogen-bond donors (Lipinski definition) is 1. The second-order valence-electron chi connectivity index (χ2n) is 7.11. The molecule has 2 aromatic heterocycles. The minimum atomic E-state index is -0.767. The number of Topliss-reactive ketones (excluding diaryl/α,β-unsaturated/α-hetero) is 1. The van der Waals surface area contributed by atoms with E-state index in [1.807, 2.05) is 29.8 Å². The molecule has 2 atom stereocenters. The number of aryl methyl sites for hydroxylation is 2. The van der Waals surface area contributed by atoms with E-state index in [0.29, 0.717) is 31.0 Å². The maximum atomic E-state index is 13.4. The van der Waals surface area contributed by atoms with Gasteiger partial charge in [-0.2, -0.15) is 5.10 Å². The van der Waals surface area contributed by atoms with E-state index < -0.39 is 6.17 Å². The van der Waals surface area contributed by atoms with Crippen molar-refractivity contribution in [1.82, 2.24) is 25.1 Å². The number of halogens is 1. The lowest BCUT2D eigenvalue weighted by Gasteiger charge is -2.10. The largest absolute Gasteiger partial charge is 0.311 e. The SMILES string of the molecule is CC(=O)c1nn(CCC2C[C@H](F)CN2)c2ccc(-c3cnc(C)nc3)cc12. The molecule has 0 radical (unpaired) electrons. The van der Waals surface area contributed by atoms with Crippen molar-refractivity contribution in [3.8, 4) is 11.1 Å². The van der Waals surface area contributed by atoms with Crippen LogP contribution in [0.4, 0.5) is 4.39 Å². The number of carbonyl (C=O) groups is 1. The van der Waals surface area contributed by atoms with Crippen LogP contribution in [0.1, 0.15) is 36.1 Å². The molecule has 1 fully saturated rings. The molecule has 1 aromatic carbocycles. The van der Waals surface area contributed by atoms with Gasteiger partial charge in [0.2, 0.25) is 0 Å². The number of hydrogen-bond acceptors (Lipinski definition) is 5. The van der Waals surface area contributed by atoms with E-state index in [0.717, 1.165) is 28.5 Å².